The SMILES string of the molecule is COc1ccc(-c2nnc(NC(=O)c3ccc(OC(C)C)cc3)s2)cc1. The third-order valence-corrected chi connectivity index (χ3v) is 4.36. The number of hydrogen-bond acceptors (Lipinski definition) is 6. The number of amides is 1. The normalized spacial score (nSPS) is 10.6. The van der Waals surface area contributed by atoms with Crippen LogP contribution in [0.15, 0.2) is 48.5 Å². The number of aromatic nitrogens is 2. The topological polar surface area (TPSA) is 73.3 Å². The van der Waals surface area contributed by atoms with Gasteiger partial charge in [-0.05, 0) is 62.4 Å². The fourth-order valence-electron chi connectivity index (χ4n) is 2.25. The first-order valence-corrected chi connectivity index (χ1v) is 8.93. The minimum atomic E-state index is -0.237. The van der Waals surface area contributed by atoms with E-state index in [1.807, 2.05) is 38.1 Å². The maximum Gasteiger partial charge on any atom is 0.257 e. The number of methoxy groups -OCH3 is 1. The second-order valence-electron chi connectivity index (χ2n) is 5.79. The number of carbonyl (C=O) groups excluding carboxylic acids is 1. The van der Waals surface area contributed by atoms with E-state index < -0.39 is 0 Å². The molecule has 3 aromatic rings. The van der Waals surface area contributed by atoms with Crippen molar-refractivity contribution in [2.45, 2.75) is 20.0 Å². The van der Waals surface area contributed by atoms with Gasteiger partial charge in [0.05, 0.1) is 13.2 Å². The fraction of sp³-hybridized carbons (Fsp3) is 0.211. The molecule has 3 rings (SSSR count). The molecular formula is C19H19N3O3S. The quantitative estimate of drug-likeness (QED) is 0.703. The minimum absolute atomic E-state index is 0.0902. The summed E-state index contributed by atoms with van der Waals surface area (Å²) in [6, 6.07) is 14.5. The van der Waals surface area contributed by atoms with Gasteiger partial charge in [-0.2, -0.15) is 0 Å². The summed E-state index contributed by atoms with van der Waals surface area (Å²) in [5.41, 5.74) is 1.45. The summed E-state index contributed by atoms with van der Waals surface area (Å²) < 4.78 is 10.7. The van der Waals surface area contributed by atoms with E-state index in [0.717, 1.165) is 22.1 Å². The highest BCUT2D eigenvalue weighted by Crippen LogP contribution is 2.28. The molecule has 1 amide bonds. The molecule has 1 heterocycles. The van der Waals surface area contributed by atoms with Gasteiger partial charge in [-0.3, -0.25) is 10.1 Å². The van der Waals surface area contributed by atoms with Gasteiger partial charge in [0, 0.05) is 11.1 Å². The van der Waals surface area contributed by atoms with Crippen molar-refractivity contribution in [2.75, 3.05) is 12.4 Å². The van der Waals surface area contributed by atoms with Crippen molar-refractivity contribution in [3.8, 4) is 22.1 Å². The Morgan fingerprint density at radius 1 is 1.00 bits per heavy atom. The number of anilines is 1. The smallest absolute Gasteiger partial charge is 0.257 e. The largest absolute Gasteiger partial charge is 0.497 e. The number of benzene rings is 2. The van der Waals surface area contributed by atoms with Crippen molar-refractivity contribution in [3.05, 3.63) is 54.1 Å². The van der Waals surface area contributed by atoms with E-state index in [4.69, 9.17) is 9.47 Å². The van der Waals surface area contributed by atoms with Crippen molar-refractivity contribution in [1.29, 1.82) is 0 Å². The second-order valence-corrected chi connectivity index (χ2v) is 6.76. The molecule has 0 bridgehead atoms. The van der Waals surface area contributed by atoms with Gasteiger partial charge in [-0.15, -0.1) is 10.2 Å². The zero-order valence-electron chi connectivity index (χ0n) is 14.7. The first-order valence-electron chi connectivity index (χ1n) is 8.11. The summed E-state index contributed by atoms with van der Waals surface area (Å²) in [6.45, 7) is 3.91. The number of hydrogen-bond donors (Lipinski definition) is 1. The van der Waals surface area contributed by atoms with E-state index in [-0.39, 0.29) is 12.0 Å². The molecule has 0 saturated heterocycles. The standard InChI is InChI=1S/C19H19N3O3S/c1-12(2)25-16-10-4-13(5-11-16)17(23)20-19-22-21-18(26-19)14-6-8-15(24-3)9-7-14/h4-12H,1-3H3,(H,20,22,23). The Kier molecular flexibility index (Phi) is 5.48. The minimum Gasteiger partial charge on any atom is -0.497 e. The van der Waals surface area contributed by atoms with Crippen molar-refractivity contribution in [2.24, 2.45) is 0 Å². The molecule has 0 fully saturated rings. The summed E-state index contributed by atoms with van der Waals surface area (Å²) in [4.78, 5) is 12.3. The van der Waals surface area contributed by atoms with Crippen LogP contribution in [0.1, 0.15) is 24.2 Å². The number of rotatable bonds is 6. The zero-order valence-corrected chi connectivity index (χ0v) is 15.5. The molecular weight excluding hydrogens is 350 g/mol. The number of carbonyl (C=O) groups is 1. The average molecular weight is 369 g/mol. The molecule has 0 spiro atoms. The van der Waals surface area contributed by atoms with E-state index in [1.165, 1.54) is 11.3 Å². The Hall–Kier alpha value is -2.93. The third-order valence-electron chi connectivity index (χ3n) is 3.47. The lowest BCUT2D eigenvalue weighted by molar-refractivity contribution is 0.102. The van der Waals surface area contributed by atoms with Gasteiger partial charge in [0.2, 0.25) is 5.13 Å². The van der Waals surface area contributed by atoms with Crippen LogP contribution < -0.4 is 14.8 Å². The average Bonchev–Trinajstić information content (AvgIpc) is 3.10. The summed E-state index contributed by atoms with van der Waals surface area (Å²) >= 11 is 1.31. The van der Waals surface area contributed by atoms with Crippen LogP contribution in [0, 0.1) is 0 Å². The van der Waals surface area contributed by atoms with E-state index in [0.29, 0.717) is 10.7 Å². The maximum absolute atomic E-state index is 12.3. The molecule has 0 atom stereocenters. The molecule has 0 unspecified atom stereocenters. The first-order chi connectivity index (χ1) is 12.5. The van der Waals surface area contributed by atoms with Gasteiger partial charge in [-0.1, -0.05) is 11.3 Å². The predicted molar refractivity (Wildman–Crippen MR) is 102 cm³/mol. The molecule has 26 heavy (non-hydrogen) atoms. The van der Waals surface area contributed by atoms with Gasteiger partial charge in [-0.25, -0.2) is 0 Å². The highest BCUT2D eigenvalue weighted by Gasteiger charge is 2.12. The Bertz CT molecular complexity index is 874. The van der Waals surface area contributed by atoms with Crippen LogP contribution in [0.5, 0.6) is 11.5 Å². The molecule has 0 aliphatic heterocycles. The molecule has 134 valence electrons. The van der Waals surface area contributed by atoms with Gasteiger partial charge in [0.15, 0.2) is 0 Å². The number of nitrogens with zero attached hydrogens (tertiary/aromatic N) is 2. The van der Waals surface area contributed by atoms with Crippen LogP contribution >= 0.6 is 11.3 Å². The van der Waals surface area contributed by atoms with E-state index in [9.17, 15) is 4.79 Å². The van der Waals surface area contributed by atoms with Crippen molar-refractivity contribution >= 4 is 22.4 Å². The fourth-order valence-corrected chi connectivity index (χ4v) is 2.99. The monoisotopic (exact) mass is 369 g/mol. The molecule has 0 aliphatic carbocycles. The van der Waals surface area contributed by atoms with Crippen molar-refractivity contribution in [3.63, 3.8) is 0 Å². The van der Waals surface area contributed by atoms with Crippen LogP contribution in [0.2, 0.25) is 0 Å². The number of nitrogens with one attached hydrogen (secondary N) is 1. The Balaban J connectivity index is 1.67. The van der Waals surface area contributed by atoms with Gasteiger partial charge < -0.3 is 9.47 Å². The molecule has 1 N–H and O–H groups in total. The number of ether oxygens (including phenoxy) is 2. The van der Waals surface area contributed by atoms with Crippen LogP contribution in [0.4, 0.5) is 5.13 Å². The Morgan fingerprint density at radius 3 is 2.27 bits per heavy atom. The lowest BCUT2D eigenvalue weighted by Gasteiger charge is -2.09. The molecule has 6 nitrogen and oxygen atoms in total. The predicted octanol–water partition coefficient (Wildman–Crippen LogP) is 4.25. The van der Waals surface area contributed by atoms with Crippen LogP contribution in [-0.2, 0) is 0 Å². The van der Waals surface area contributed by atoms with Gasteiger partial charge in [0.1, 0.15) is 16.5 Å². The first kappa shape index (κ1) is 17.9. The molecule has 0 aliphatic rings. The summed E-state index contributed by atoms with van der Waals surface area (Å²) in [5, 5.41) is 12.1. The van der Waals surface area contributed by atoms with Crippen LogP contribution in [-0.4, -0.2) is 29.3 Å². The van der Waals surface area contributed by atoms with Crippen molar-refractivity contribution < 1.29 is 14.3 Å². The summed E-state index contributed by atoms with van der Waals surface area (Å²) in [6.07, 6.45) is 0.0902. The van der Waals surface area contributed by atoms with Crippen molar-refractivity contribution in [1.82, 2.24) is 10.2 Å². The summed E-state index contributed by atoms with van der Waals surface area (Å²) in [5.74, 6) is 1.27. The van der Waals surface area contributed by atoms with Crippen LogP contribution in [0.25, 0.3) is 10.6 Å². The Morgan fingerprint density at radius 2 is 1.65 bits per heavy atom. The van der Waals surface area contributed by atoms with Gasteiger partial charge in [0.25, 0.3) is 5.91 Å². The molecule has 1 aromatic heterocycles. The van der Waals surface area contributed by atoms with E-state index in [1.54, 1.807) is 31.4 Å². The summed E-state index contributed by atoms with van der Waals surface area (Å²) in [7, 11) is 1.62. The zero-order chi connectivity index (χ0) is 18.5. The molecule has 0 saturated carbocycles. The highest BCUT2D eigenvalue weighted by molar-refractivity contribution is 7.18. The van der Waals surface area contributed by atoms with Crippen LogP contribution in [0.3, 0.4) is 0 Å². The maximum atomic E-state index is 12.3. The Labute approximate surface area is 155 Å². The molecule has 7 heteroatoms. The lowest BCUT2D eigenvalue weighted by Crippen LogP contribution is -2.12. The second kappa shape index (κ2) is 7.97. The van der Waals surface area contributed by atoms with E-state index in [2.05, 4.69) is 15.5 Å². The molecule has 2 aromatic carbocycles. The highest BCUT2D eigenvalue weighted by atomic mass is 32.1. The molecule has 0 radical (unpaired) electrons. The van der Waals surface area contributed by atoms with E-state index >= 15 is 0 Å². The third kappa shape index (κ3) is 4.37. The van der Waals surface area contributed by atoms with Gasteiger partial charge >= 0.3 is 0 Å². The lowest BCUT2D eigenvalue weighted by atomic mass is 10.2.